The Morgan fingerprint density at radius 2 is 0.970 bits per heavy atom. The van der Waals surface area contributed by atoms with Crippen molar-refractivity contribution in [2.45, 2.75) is 283 Å². The van der Waals surface area contributed by atoms with Crippen LogP contribution in [0.25, 0.3) is 0 Å². The second-order valence-electron chi connectivity index (χ2n) is 19.3. The number of aliphatic hydroxyl groups is 2. The van der Waals surface area contributed by atoms with Crippen LogP contribution in [0.2, 0.25) is 0 Å². The maximum Gasteiger partial charge on any atom is 0.306 e. The van der Waals surface area contributed by atoms with E-state index in [1.807, 2.05) is 30.3 Å². The molecule has 0 heterocycles. The minimum atomic E-state index is -1.21. The Bertz CT molecular complexity index is 1320. The van der Waals surface area contributed by atoms with Crippen molar-refractivity contribution in [1.82, 2.24) is 16.0 Å². The van der Waals surface area contributed by atoms with E-state index >= 15 is 0 Å². The first-order chi connectivity index (χ1) is 32.7. The van der Waals surface area contributed by atoms with E-state index in [0.717, 1.165) is 63.4 Å². The highest BCUT2D eigenvalue weighted by atomic mass is 16.5. The number of hydrogen-bond acceptors (Lipinski definition) is 8. The highest BCUT2D eigenvalue weighted by molar-refractivity contribution is 5.78. The fourth-order valence-corrected chi connectivity index (χ4v) is 8.58. The van der Waals surface area contributed by atoms with E-state index in [9.17, 15) is 29.4 Å². The Hall–Kier alpha value is -3.02. The van der Waals surface area contributed by atoms with Gasteiger partial charge in [0.1, 0.15) is 12.3 Å². The van der Waals surface area contributed by atoms with Crippen LogP contribution in [0.4, 0.5) is 0 Å². The monoisotopic (exact) mass is 944 g/mol. The summed E-state index contributed by atoms with van der Waals surface area (Å²) in [5.74, 6) is -1.09. The number of carbonyl (C=O) groups is 4. The van der Waals surface area contributed by atoms with Crippen molar-refractivity contribution in [3.63, 3.8) is 0 Å². The van der Waals surface area contributed by atoms with Gasteiger partial charge in [-0.05, 0) is 44.1 Å². The lowest BCUT2D eigenvalue weighted by Crippen LogP contribution is -2.40. The van der Waals surface area contributed by atoms with Crippen LogP contribution < -0.4 is 16.0 Å². The van der Waals surface area contributed by atoms with Gasteiger partial charge in [0.25, 0.3) is 0 Å². The van der Waals surface area contributed by atoms with Crippen molar-refractivity contribution in [3.8, 4) is 0 Å². The number of amides is 3. The predicted molar refractivity (Wildman–Crippen MR) is 274 cm³/mol. The summed E-state index contributed by atoms with van der Waals surface area (Å²) in [6.45, 7) is 7.27. The maximum atomic E-state index is 13.1. The fraction of sp³-hybridized carbons (Fsp3) is 0.821. The van der Waals surface area contributed by atoms with Crippen LogP contribution >= 0.6 is 0 Å². The number of ether oxygens (including phenoxy) is 2. The zero-order valence-electron chi connectivity index (χ0n) is 43.1. The average molecular weight is 944 g/mol. The summed E-state index contributed by atoms with van der Waals surface area (Å²) >= 11 is 0. The molecule has 4 atom stereocenters. The molecule has 11 heteroatoms. The van der Waals surface area contributed by atoms with Gasteiger partial charge in [0.05, 0.1) is 38.2 Å². The second kappa shape index (κ2) is 45.4. The van der Waals surface area contributed by atoms with Crippen molar-refractivity contribution in [1.29, 1.82) is 0 Å². The lowest BCUT2D eigenvalue weighted by molar-refractivity contribution is -0.151. The molecule has 0 saturated carbocycles. The SMILES string of the molecule is CCCCCCCCCCCC(=O)O[C@H](CCCCCCCCCCC)CC(=O)NC(O)CCC(=O)NCCCC(CO)NC(=O)C[C@@H](CCCCCCCCCCC)OCc1ccccc1. The molecule has 0 bridgehead atoms. The van der Waals surface area contributed by atoms with Crippen LogP contribution in [0.15, 0.2) is 30.3 Å². The molecule has 1 aromatic rings. The molecule has 11 nitrogen and oxygen atoms in total. The third kappa shape index (κ3) is 39.5. The van der Waals surface area contributed by atoms with Crippen LogP contribution in [0, 0.1) is 0 Å². The number of nitrogens with one attached hydrogen (secondary N) is 3. The maximum absolute atomic E-state index is 13.1. The molecular formula is C56H101N3O8. The van der Waals surface area contributed by atoms with Gasteiger partial charge in [-0.1, -0.05) is 212 Å². The second-order valence-corrected chi connectivity index (χ2v) is 19.3. The van der Waals surface area contributed by atoms with Gasteiger partial charge in [0.15, 0.2) is 0 Å². The third-order valence-corrected chi connectivity index (χ3v) is 12.8. The van der Waals surface area contributed by atoms with Gasteiger partial charge < -0.3 is 35.6 Å². The standard InChI is InChI=1S/C56H101N3O8/c1-4-7-10-13-16-19-22-25-31-38-50(66-47-48-35-29-28-30-36-48)44-54(63)58-49(46-60)37-34-43-57-52(61)41-42-53(62)59-55(64)45-51(39-32-26-23-20-17-14-11-8-5-2)67-56(65)40-33-27-24-21-18-15-12-9-6-3/h28-30,35-36,49-51,53,60,62H,4-27,31-34,37-47H2,1-3H3,(H,57,61)(H,58,63)(H,59,64)/t49?,50-,51-,53?/m1/s1. The van der Waals surface area contributed by atoms with Gasteiger partial charge in [0, 0.05) is 25.8 Å². The van der Waals surface area contributed by atoms with Crippen molar-refractivity contribution < 1.29 is 38.9 Å². The Kier molecular flexibility index (Phi) is 42.0. The molecule has 3 amide bonds. The zero-order chi connectivity index (χ0) is 48.8. The van der Waals surface area contributed by atoms with E-state index in [1.54, 1.807) is 0 Å². The predicted octanol–water partition coefficient (Wildman–Crippen LogP) is 12.6. The normalized spacial score (nSPS) is 13.1. The van der Waals surface area contributed by atoms with Crippen molar-refractivity contribution in [2.75, 3.05) is 13.2 Å². The Labute approximate surface area is 409 Å². The molecule has 1 rings (SSSR count). The smallest absolute Gasteiger partial charge is 0.306 e. The molecule has 0 aliphatic heterocycles. The lowest BCUT2D eigenvalue weighted by Gasteiger charge is -2.21. The molecule has 0 aromatic heterocycles. The molecule has 5 N–H and O–H groups in total. The average Bonchev–Trinajstić information content (AvgIpc) is 3.32. The van der Waals surface area contributed by atoms with E-state index in [0.29, 0.717) is 38.8 Å². The summed E-state index contributed by atoms with van der Waals surface area (Å²) in [6, 6.07) is 9.53. The topological polar surface area (TPSA) is 163 Å². The molecule has 1 aromatic carbocycles. The van der Waals surface area contributed by atoms with Crippen LogP contribution in [-0.2, 0) is 35.3 Å². The summed E-state index contributed by atoms with van der Waals surface area (Å²) in [4.78, 5) is 51.6. The van der Waals surface area contributed by atoms with Gasteiger partial charge in [-0.3, -0.25) is 19.2 Å². The minimum Gasteiger partial charge on any atom is -0.462 e. The first kappa shape index (κ1) is 62.0. The molecule has 0 aliphatic rings. The zero-order valence-corrected chi connectivity index (χ0v) is 43.1. The number of aliphatic hydroxyl groups excluding tert-OH is 2. The molecule has 0 aliphatic carbocycles. The molecule has 67 heavy (non-hydrogen) atoms. The molecular weight excluding hydrogens is 843 g/mol. The summed E-state index contributed by atoms with van der Waals surface area (Å²) < 4.78 is 12.1. The minimum absolute atomic E-state index is 0.0144. The van der Waals surface area contributed by atoms with E-state index in [4.69, 9.17) is 9.47 Å². The van der Waals surface area contributed by atoms with Crippen LogP contribution in [0.1, 0.15) is 257 Å². The van der Waals surface area contributed by atoms with E-state index < -0.39 is 24.3 Å². The molecule has 0 spiro atoms. The molecule has 0 fully saturated rings. The van der Waals surface area contributed by atoms with Gasteiger partial charge >= 0.3 is 5.97 Å². The molecule has 0 radical (unpaired) electrons. The van der Waals surface area contributed by atoms with Crippen LogP contribution in [0.5, 0.6) is 0 Å². The Morgan fingerprint density at radius 1 is 0.507 bits per heavy atom. The van der Waals surface area contributed by atoms with Crippen molar-refractivity contribution >= 4 is 23.7 Å². The number of carbonyl (C=O) groups excluding carboxylic acids is 4. The van der Waals surface area contributed by atoms with Crippen molar-refractivity contribution in [2.24, 2.45) is 0 Å². The quantitative estimate of drug-likeness (QED) is 0.0245. The Balaban J connectivity index is 2.46. The first-order valence-corrected chi connectivity index (χ1v) is 27.7. The van der Waals surface area contributed by atoms with E-state index in [2.05, 4.69) is 36.7 Å². The van der Waals surface area contributed by atoms with Gasteiger partial charge in [-0.25, -0.2) is 0 Å². The number of benzene rings is 1. The van der Waals surface area contributed by atoms with Crippen LogP contribution in [-0.4, -0.2) is 71.5 Å². The summed E-state index contributed by atoms with van der Waals surface area (Å²) in [5, 5.41) is 29.0. The highest BCUT2D eigenvalue weighted by Crippen LogP contribution is 2.19. The lowest BCUT2D eigenvalue weighted by atomic mass is 10.0. The largest absolute Gasteiger partial charge is 0.462 e. The third-order valence-electron chi connectivity index (χ3n) is 12.8. The van der Waals surface area contributed by atoms with Gasteiger partial charge in [-0.15, -0.1) is 0 Å². The Morgan fingerprint density at radius 3 is 1.49 bits per heavy atom. The van der Waals surface area contributed by atoms with Gasteiger partial charge in [-0.2, -0.15) is 0 Å². The number of hydrogen-bond donors (Lipinski definition) is 5. The fourth-order valence-electron chi connectivity index (χ4n) is 8.58. The highest BCUT2D eigenvalue weighted by Gasteiger charge is 2.21. The molecule has 0 saturated heterocycles. The number of esters is 1. The first-order valence-electron chi connectivity index (χ1n) is 27.7. The number of rotatable bonds is 48. The van der Waals surface area contributed by atoms with Gasteiger partial charge in [0.2, 0.25) is 17.7 Å². The van der Waals surface area contributed by atoms with E-state index in [-0.39, 0.29) is 56.2 Å². The summed E-state index contributed by atoms with van der Waals surface area (Å²) in [6.07, 6.45) is 33.2. The number of unbranched alkanes of at least 4 members (excludes halogenated alkanes) is 24. The molecule has 388 valence electrons. The summed E-state index contributed by atoms with van der Waals surface area (Å²) in [7, 11) is 0. The van der Waals surface area contributed by atoms with Crippen LogP contribution in [0.3, 0.4) is 0 Å². The molecule has 2 unspecified atom stereocenters. The van der Waals surface area contributed by atoms with E-state index in [1.165, 1.54) is 122 Å². The summed E-state index contributed by atoms with van der Waals surface area (Å²) in [5.41, 5.74) is 1.07. The van der Waals surface area contributed by atoms with Crippen molar-refractivity contribution in [3.05, 3.63) is 35.9 Å².